The van der Waals surface area contributed by atoms with Gasteiger partial charge in [0.15, 0.2) is 0 Å². The number of carboxylic acids is 1. The zero-order chi connectivity index (χ0) is 12.9. The van der Waals surface area contributed by atoms with E-state index in [4.69, 9.17) is 9.84 Å². The van der Waals surface area contributed by atoms with Crippen molar-refractivity contribution in [2.24, 2.45) is 0 Å². The Balaban J connectivity index is 2.35. The largest absolute Gasteiger partial charge is 0.481 e. The van der Waals surface area contributed by atoms with Gasteiger partial charge in [0.1, 0.15) is 0 Å². The molecule has 2 atom stereocenters. The number of nitrogens with one attached hydrogen (secondary N) is 1. The third-order valence-corrected chi connectivity index (χ3v) is 4.15. The lowest BCUT2D eigenvalue weighted by Gasteiger charge is -2.27. The Labute approximate surface area is 101 Å². The van der Waals surface area contributed by atoms with E-state index < -0.39 is 16.0 Å². The fraction of sp³-hybridized carbons (Fsp3) is 0.900. The van der Waals surface area contributed by atoms with Crippen LogP contribution in [0.1, 0.15) is 32.6 Å². The highest BCUT2D eigenvalue weighted by Crippen LogP contribution is 2.14. The minimum absolute atomic E-state index is 0.0652. The van der Waals surface area contributed by atoms with E-state index in [0.29, 0.717) is 19.4 Å². The van der Waals surface area contributed by atoms with Crippen molar-refractivity contribution in [3.05, 3.63) is 0 Å². The Hall–Kier alpha value is -0.660. The van der Waals surface area contributed by atoms with Crippen molar-refractivity contribution in [3.8, 4) is 0 Å². The number of sulfonamides is 1. The highest BCUT2D eigenvalue weighted by molar-refractivity contribution is 7.89. The van der Waals surface area contributed by atoms with Gasteiger partial charge in [0.05, 0.1) is 11.9 Å². The standard InChI is InChI=1S/C10H19NO5S/c1-8-7-9(4-5-16-8)11-17(14,15)6-2-3-10(12)13/h8-9,11H,2-7H2,1H3,(H,12,13). The second kappa shape index (κ2) is 6.32. The maximum absolute atomic E-state index is 11.6. The molecule has 1 heterocycles. The first-order valence-corrected chi connectivity index (χ1v) is 7.37. The van der Waals surface area contributed by atoms with Gasteiger partial charge in [-0.05, 0) is 26.2 Å². The fourth-order valence-electron chi connectivity index (χ4n) is 1.83. The van der Waals surface area contributed by atoms with Crippen LogP contribution in [0.2, 0.25) is 0 Å². The molecule has 0 aliphatic carbocycles. The Morgan fingerprint density at radius 3 is 2.82 bits per heavy atom. The molecule has 0 bridgehead atoms. The molecule has 1 rings (SSSR count). The maximum atomic E-state index is 11.6. The van der Waals surface area contributed by atoms with Crippen molar-refractivity contribution in [1.29, 1.82) is 0 Å². The third-order valence-electron chi connectivity index (χ3n) is 2.64. The Bertz CT molecular complexity index is 354. The summed E-state index contributed by atoms with van der Waals surface area (Å²) in [6.07, 6.45) is 1.42. The first-order chi connectivity index (χ1) is 7.89. The first kappa shape index (κ1) is 14.4. The summed E-state index contributed by atoms with van der Waals surface area (Å²) in [5, 5.41) is 8.43. The maximum Gasteiger partial charge on any atom is 0.303 e. The zero-order valence-corrected chi connectivity index (χ0v) is 10.7. The molecule has 1 saturated heterocycles. The summed E-state index contributed by atoms with van der Waals surface area (Å²) in [7, 11) is -3.37. The number of hydrogen-bond acceptors (Lipinski definition) is 4. The van der Waals surface area contributed by atoms with Gasteiger partial charge in [0.2, 0.25) is 10.0 Å². The molecule has 0 aromatic rings. The Morgan fingerprint density at radius 1 is 1.53 bits per heavy atom. The van der Waals surface area contributed by atoms with Crippen LogP contribution in [0.3, 0.4) is 0 Å². The van der Waals surface area contributed by atoms with Crippen molar-refractivity contribution in [2.45, 2.75) is 44.8 Å². The third kappa shape index (κ3) is 5.99. The average molecular weight is 265 g/mol. The van der Waals surface area contributed by atoms with Crippen LogP contribution in [0.25, 0.3) is 0 Å². The Kier molecular flexibility index (Phi) is 5.35. The van der Waals surface area contributed by atoms with Gasteiger partial charge in [-0.25, -0.2) is 13.1 Å². The lowest BCUT2D eigenvalue weighted by Crippen LogP contribution is -2.42. The number of carboxylic acid groups (broad SMARTS) is 1. The number of aliphatic carboxylic acids is 1. The van der Waals surface area contributed by atoms with Crippen LogP contribution < -0.4 is 4.72 Å². The molecule has 0 saturated carbocycles. The lowest BCUT2D eigenvalue weighted by atomic mass is 10.1. The summed E-state index contributed by atoms with van der Waals surface area (Å²) in [6, 6.07) is -0.0893. The molecule has 6 nitrogen and oxygen atoms in total. The zero-order valence-electron chi connectivity index (χ0n) is 9.89. The summed E-state index contributed by atoms with van der Waals surface area (Å²) < 4.78 is 31.2. The van der Waals surface area contributed by atoms with Gasteiger partial charge < -0.3 is 9.84 Å². The van der Waals surface area contributed by atoms with Crippen molar-refractivity contribution in [1.82, 2.24) is 4.72 Å². The van der Waals surface area contributed by atoms with Crippen molar-refractivity contribution < 1.29 is 23.1 Å². The van der Waals surface area contributed by atoms with Crippen molar-refractivity contribution >= 4 is 16.0 Å². The van der Waals surface area contributed by atoms with E-state index in [-0.39, 0.29) is 30.7 Å². The molecule has 7 heteroatoms. The topological polar surface area (TPSA) is 92.7 Å². The number of ether oxygens (including phenoxy) is 1. The van der Waals surface area contributed by atoms with Gasteiger partial charge in [-0.1, -0.05) is 0 Å². The minimum atomic E-state index is -3.37. The highest BCUT2D eigenvalue weighted by Gasteiger charge is 2.23. The van der Waals surface area contributed by atoms with Gasteiger partial charge in [0.25, 0.3) is 0 Å². The molecule has 0 radical (unpaired) electrons. The van der Waals surface area contributed by atoms with Crippen LogP contribution in [0.5, 0.6) is 0 Å². The molecule has 17 heavy (non-hydrogen) atoms. The second-order valence-corrected chi connectivity index (χ2v) is 6.21. The molecule has 0 amide bonds. The predicted octanol–water partition coefficient (Wildman–Crippen LogP) is 0.338. The van der Waals surface area contributed by atoms with Crippen LogP contribution in [-0.4, -0.2) is 44.0 Å². The highest BCUT2D eigenvalue weighted by atomic mass is 32.2. The number of carbonyl (C=O) groups is 1. The van der Waals surface area contributed by atoms with E-state index in [9.17, 15) is 13.2 Å². The number of hydrogen-bond donors (Lipinski definition) is 2. The Morgan fingerprint density at radius 2 is 2.24 bits per heavy atom. The van der Waals surface area contributed by atoms with E-state index in [0.717, 1.165) is 0 Å². The molecule has 0 aromatic carbocycles. The van der Waals surface area contributed by atoms with E-state index in [1.165, 1.54) is 0 Å². The minimum Gasteiger partial charge on any atom is -0.481 e. The molecule has 2 N–H and O–H groups in total. The summed E-state index contributed by atoms with van der Waals surface area (Å²) in [4.78, 5) is 10.3. The molecule has 0 spiro atoms. The van der Waals surface area contributed by atoms with Gasteiger partial charge in [-0.3, -0.25) is 4.79 Å². The lowest BCUT2D eigenvalue weighted by molar-refractivity contribution is -0.137. The van der Waals surface area contributed by atoms with E-state index in [1.807, 2.05) is 6.92 Å². The average Bonchev–Trinajstić information content (AvgIpc) is 2.15. The molecule has 0 aromatic heterocycles. The summed E-state index contributed by atoms with van der Waals surface area (Å²) in [5.41, 5.74) is 0. The van der Waals surface area contributed by atoms with Gasteiger partial charge >= 0.3 is 5.97 Å². The summed E-state index contributed by atoms with van der Waals surface area (Å²) in [5.74, 6) is -1.11. The molecule has 2 unspecified atom stereocenters. The molecule has 1 fully saturated rings. The van der Waals surface area contributed by atoms with Crippen LogP contribution in [0.15, 0.2) is 0 Å². The normalized spacial score (nSPS) is 25.7. The van der Waals surface area contributed by atoms with Gasteiger partial charge in [-0.15, -0.1) is 0 Å². The van der Waals surface area contributed by atoms with E-state index >= 15 is 0 Å². The molecule has 100 valence electrons. The second-order valence-electron chi connectivity index (χ2n) is 4.34. The van der Waals surface area contributed by atoms with Crippen LogP contribution in [0, 0.1) is 0 Å². The van der Waals surface area contributed by atoms with Crippen molar-refractivity contribution in [2.75, 3.05) is 12.4 Å². The fourth-order valence-corrected chi connectivity index (χ4v) is 3.20. The molecular formula is C10H19NO5S. The monoisotopic (exact) mass is 265 g/mol. The molecule has 1 aliphatic heterocycles. The molecular weight excluding hydrogens is 246 g/mol. The van der Waals surface area contributed by atoms with Crippen molar-refractivity contribution in [3.63, 3.8) is 0 Å². The van der Waals surface area contributed by atoms with Gasteiger partial charge in [-0.2, -0.15) is 0 Å². The first-order valence-electron chi connectivity index (χ1n) is 5.72. The van der Waals surface area contributed by atoms with E-state index in [1.54, 1.807) is 0 Å². The molecule has 1 aliphatic rings. The SMILES string of the molecule is CC1CC(NS(=O)(=O)CCCC(=O)O)CCO1. The summed E-state index contributed by atoms with van der Waals surface area (Å²) in [6.45, 7) is 2.47. The van der Waals surface area contributed by atoms with E-state index in [2.05, 4.69) is 4.72 Å². The quantitative estimate of drug-likeness (QED) is 0.722. The summed E-state index contributed by atoms with van der Waals surface area (Å²) >= 11 is 0. The van der Waals surface area contributed by atoms with Crippen LogP contribution in [0.4, 0.5) is 0 Å². The van der Waals surface area contributed by atoms with Crippen LogP contribution in [-0.2, 0) is 19.6 Å². The van der Waals surface area contributed by atoms with Crippen LogP contribution >= 0.6 is 0 Å². The predicted molar refractivity (Wildman–Crippen MR) is 62.2 cm³/mol. The van der Waals surface area contributed by atoms with Gasteiger partial charge in [0, 0.05) is 19.1 Å². The number of rotatable bonds is 6. The smallest absolute Gasteiger partial charge is 0.303 e.